The first-order chi connectivity index (χ1) is 12.1. The van der Waals surface area contributed by atoms with Gasteiger partial charge in [0.15, 0.2) is 5.82 Å². The molecule has 2 N–H and O–H groups in total. The van der Waals surface area contributed by atoms with Crippen LogP contribution in [-0.4, -0.2) is 20.3 Å². The summed E-state index contributed by atoms with van der Waals surface area (Å²) in [6, 6.07) is 7.28. The molecule has 1 fully saturated rings. The van der Waals surface area contributed by atoms with Crippen LogP contribution in [-0.2, 0) is 18.4 Å². The first-order valence-electron chi connectivity index (χ1n) is 8.33. The number of aromatic nitrogens is 4. The molecule has 26 heavy (non-hydrogen) atoms. The Hall–Kier alpha value is -1.96. The molecule has 0 amide bonds. The molecule has 0 aliphatic heterocycles. The number of benzene rings is 1. The Labute approximate surface area is 161 Å². The van der Waals surface area contributed by atoms with Crippen LogP contribution in [0.1, 0.15) is 43.3 Å². The summed E-state index contributed by atoms with van der Waals surface area (Å²) in [5.74, 6) is 2.20. The molecule has 138 valence electrons. The molecule has 2 heterocycles. The normalized spacial score (nSPS) is 15.8. The van der Waals surface area contributed by atoms with Gasteiger partial charge in [0.2, 0.25) is 17.6 Å². The Morgan fingerprint density at radius 3 is 2.27 bits per heavy atom. The predicted molar refractivity (Wildman–Crippen MR) is 98.0 cm³/mol. The van der Waals surface area contributed by atoms with Gasteiger partial charge in [0.1, 0.15) is 0 Å². The predicted octanol–water partition coefficient (Wildman–Crippen LogP) is 3.71. The van der Waals surface area contributed by atoms with Crippen LogP contribution in [0.2, 0.25) is 5.02 Å². The van der Waals surface area contributed by atoms with Crippen molar-refractivity contribution in [2.45, 2.75) is 44.1 Å². The van der Waals surface area contributed by atoms with Gasteiger partial charge in [-0.3, -0.25) is 0 Å². The third kappa shape index (κ3) is 3.90. The fraction of sp³-hybridized carbons (Fsp3) is 0.412. The Morgan fingerprint density at radius 2 is 1.58 bits per heavy atom. The highest BCUT2D eigenvalue weighted by molar-refractivity contribution is 6.30. The second-order valence-corrected chi connectivity index (χ2v) is 6.83. The van der Waals surface area contributed by atoms with Crippen molar-refractivity contribution in [3.05, 3.63) is 46.9 Å². The standard InChI is InChI=1S/C17H18ClN5O2.ClH/c18-12-5-3-11(4-6-12)15-20-13(24-22-15)7-8-14-21-16(23-25-14)17(19)9-1-2-10-17;/h3-6H,1-2,7-10,19H2;1H. The molecule has 3 aromatic rings. The van der Waals surface area contributed by atoms with Gasteiger partial charge in [0, 0.05) is 23.4 Å². The molecular weight excluding hydrogens is 377 g/mol. The zero-order chi connectivity index (χ0) is 17.3. The summed E-state index contributed by atoms with van der Waals surface area (Å²) in [6.07, 6.45) is 5.08. The van der Waals surface area contributed by atoms with Gasteiger partial charge in [-0.25, -0.2) is 0 Å². The van der Waals surface area contributed by atoms with Crippen molar-refractivity contribution in [1.29, 1.82) is 0 Å². The van der Waals surface area contributed by atoms with E-state index in [0.717, 1.165) is 31.2 Å². The lowest BCUT2D eigenvalue weighted by molar-refractivity contribution is 0.339. The van der Waals surface area contributed by atoms with Crippen LogP contribution in [0.25, 0.3) is 11.4 Å². The maximum Gasteiger partial charge on any atom is 0.227 e. The molecule has 1 aliphatic carbocycles. The van der Waals surface area contributed by atoms with Crippen molar-refractivity contribution >= 4 is 24.0 Å². The summed E-state index contributed by atoms with van der Waals surface area (Å²) >= 11 is 5.88. The second kappa shape index (κ2) is 7.73. The van der Waals surface area contributed by atoms with Gasteiger partial charge in [0.25, 0.3) is 0 Å². The van der Waals surface area contributed by atoms with Crippen molar-refractivity contribution in [3.63, 3.8) is 0 Å². The molecule has 4 rings (SSSR count). The molecule has 0 bridgehead atoms. The molecule has 0 spiro atoms. The summed E-state index contributed by atoms with van der Waals surface area (Å²) < 4.78 is 10.6. The van der Waals surface area contributed by atoms with Crippen molar-refractivity contribution in [1.82, 2.24) is 20.3 Å². The van der Waals surface area contributed by atoms with E-state index < -0.39 is 5.54 Å². The summed E-state index contributed by atoms with van der Waals surface area (Å²) in [4.78, 5) is 8.83. The van der Waals surface area contributed by atoms with E-state index >= 15 is 0 Å². The van der Waals surface area contributed by atoms with Crippen molar-refractivity contribution in [2.24, 2.45) is 5.73 Å². The number of rotatable bonds is 5. The molecule has 0 saturated heterocycles. The molecule has 9 heteroatoms. The Morgan fingerprint density at radius 1 is 0.962 bits per heavy atom. The average Bonchev–Trinajstić information content (AvgIpc) is 3.34. The molecule has 7 nitrogen and oxygen atoms in total. The van der Waals surface area contributed by atoms with E-state index in [4.69, 9.17) is 26.4 Å². The topological polar surface area (TPSA) is 104 Å². The van der Waals surface area contributed by atoms with Crippen LogP contribution in [0.15, 0.2) is 33.3 Å². The molecule has 0 radical (unpaired) electrons. The maximum atomic E-state index is 6.34. The van der Waals surface area contributed by atoms with Crippen LogP contribution in [0.3, 0.4) is 0 Å². The van der Waals surface area contributed by atoms with Gasteiger partial charge < -0.3 is 14.8 Å². The molecule has 0 atom stereocenters. The third-order valence-electron chi connectivity index (χ3n) is 4.53. The summed E-state index contributed by atoms with van der Waals surface area (Å²) in [5, 5.41) is 8.71. The van der Waals surface area contributed by atoms with E-state index in [1.165, 1.54) is 0 Å². The fourth-order valence-corrected chi connectivity index (χ4v) is 3.20. The lowest BCUT2D eigenvalue weighted by Crippen LogP contribution is -2.34. The van der Waals surface area contributed by atoms with Gasteiger partial charge in [-0.15, -0.1) is 12.4 Å². The Bertz CT molecular complexity index is 856. The zero-order valence-electron chi connectivity index (χ0n) is 14.0. The summed E-state index contributed by atoms with van der Waals surface area (Å²) in [7, 11) is 0. The highest BCUT2D eigenvalue weighted by Crippen LogP contribution is 2.34. The number of hydrogen-bond acceptors (Lipinski definition) is 7. The van der Waals surface area contributed by atoms with Crippen molar-refractivity contribution < 1.29 is 9.05 Å². The monoisotopic (exact) mass is 395 g/mol. The van der Waals surface area contributed by atoms with E-state index in [1.54, 1.807) is 12.1 Å². The van der Waals surface area contributed by atoms with Gasteiger partial charge in [-0.2, -0.15) is 9.97 Å². The highest BCUT2D eigenvalue weighted by Gasteiger charge is 2.35. The minimum atomic E-state index is -0.437. The molecule has 1 aromatic carbocycles. The van der Waals surface area contributed by atoms with Crippen molar-refractivity contribution in [2.75, 3.05) is 0 Å². The number of nitrogens with two attached hydrogens (primary N) is 1. The molecular formula is C17H19Cl2N5O2. The van der Waals surface area contributed by atoms with Crippen molar-refractivity contribution in [3.8, 4) is 11.4 Å². The Balaban J connectivity index is 0.00000196. The maximum absolute atomic E-state index is 6.34. The quantitative estimate of drug-likeness (QED) is 0.701. The largest absolute Gasteiger partial charge is 0.339 e. The van der Waals surface area contributed by atoms with Crippen LogP contribution < -0.4 is 5.73 Å². The molecule has 0 unspecified atom stereocenters. The number of nitrogens with zero attached hydrogens (tertiary/aromatic N) is 4. The zero-order valence-corrected chi connectivity index (χ0v) is 15.6. The van der Waals surface area contributed by atoms with Gasteiger partial charge in [-0.05, 0) is 37.1 Å². The Kier molecular flexibility index (Phi) is 5.60. The third-order valence-corrected chi connectivity index (χ3v) is 4.78. The van der Waals surface area contributed by atoms with E-state index in [2.05, 4.69) is 20.3 Å². The van der Waals surface area contributed by atoms with E-state index in [-0.39, 0.29) is 12.4 Å². The van der Waals surface area contributed by atoms with E-state index in [0.29, 0.717) is 41.3 Å². The number of halogens is 2. The van der Waals surface area contributed by atoms with Gasteiger partial charge in [0.05, 0.1) is 5.54 Å². The van der Waals surface area contributed by atoms with Crippen LogP contribution in [0.4, 0.5) is 0 Å². The van der Waals surface area contributed by atoms with E-state index in [1.807, 2.05) is 12.1 Å². The highest BCUT2D eigenvalue weighted by atomic mass is 35.5. The molecule has 2 aromatic heterocycles. The van der Waals surface area contributed by atoms with Crippen LogP contribution in [0, 0.1) is 0 Å². The first kappa shape index (κ1) is 18.8. The number of hydrogen-bond donors (Lipinski definition) is 1. The fourth-order valence-electron chi connectivity index (χ4n) is 3.07. The molecule has 1 aliphatic rings. The minimum Gasteiger partial charge on any atom is -0.339 e. The summed E-state index contributed by atoms with van der Waals surface area (Å²) in [6.45, 7) is 0. The van der Waals surface area contributed by atoms with Crippen LogP contribution in [0.5, 0.6) is 0 Å². The van der Waals surface area contributed by atoms with Crippen LogP contribution >= 0.6 is 24.0 Å². The van der Waals surface area contributed by atoms with Gasteiger partial charge in [-0.1, -0.05) is 34.8 Å². The SMILES string of the molecule is Cl.NC1(c2noc(CCc3nc(-c4ccc(Cl)cc4)no3)n2)CCCC1. The van der Waals surface area contributed by atoms with Gasteiger partial charge >= 0.3 is 0 Å². The number of aryl methyl sites for hydroxylation is 2. The second-order valence-electron chi connectivity index (χ2n) is 6.39. The minimum absolute atomic E-state index is 0. The smallest absolute Gasteiger partial charge is 0.227 e. The average molecular weight is 396 g/mol. The lowest BCUT2D eigenvalue weighted by atomic mass is 9.99. The summed E-state index contributed by atoms with van der Waals surface area (Å²) in [5.41, 5.74) is 6.76. The lowest BCUT2D eigenvalue weighted by Gasteiger charge is -2.17. The first-order valence-corrected chi connectivity index (χ1v) is 8.71. The molecule has 1 saturated carbocycles. The van der Waals surface area contributed by atoms with E-state index in [9.17, 15) is 0 Å².